The molecule has 2 rings (SSSR count). The van der Waals surface area contributed by atoms with E-state index in [4.69, 9.17) is 0 Å². The highest BCUT2D eigenvalue weighted by atomic mass is 127. The van der Waals surface area contributed by atoms with Crippen LogP contribution in [0.5, 0.6) is 0 Å². The van der Waals surface area contributed by atoms with Gasteiger partial charge in [0.25, 0.3) is 0 Å². The van der Waals surface area contributed by atoms with Crippen LogP contribution in [0.2, 0.25) is 0 Å². The normalized spacial score (nSPS) is 15.6. The van der Waals surface area contributed by atoms with E-state index in [1.54, 1.807) is 0 Å². The van der Waals surface area contributed by atoms with Gasteiger partial charge in [0.1, 0.15) is 0 Å². The maximum Gasteiger partial charge on any atom is 0.191 e. The van der Waals surface area contributed by atoms with Crippen LogP contribution < -0.4 is 15.5 Å². The largest absolute Gasteiger partial charge is 0.396 e. The summed E-state index contributed by atoms with van der Waals surface area (Å²) in [4.78, 5) is 7.05. The molecule has 0 bridgehead atoms. The van der Waals surface area contributed by atoms with Crippen molar-refractivity contribution in [2.24, 2.45) is 10.9 Å². The Kier molecular flexibility index (Phi) is 10.9. The lowest BCUT2D eigenvalue weighted by Gasteiger charge is -2.32. The number of piperidine rings is 1. The molecule has 0 aromatic heterocycles. The smallest absolute Gasteiger partial charge is 0.191 e. The second kappa shape index (κ2) is 12.4. The molecular formula is C19H33IN4O. The number of hydrogen-bond acceptors (Lipinski definition) is 3. The number of benzene rings is 1. The first-order valence-electron chi connectivity index (χ1n) is 9.23. The highest BCUT2D eigenvalue weighted by molar-refractivity contribution is 14.0. The van der Waals surface area contributed by atoms with Gasteiger partial charge >= 0.3 is 0 Å². The molecule has 6 heteroatoms. The summed E-state index contributed by atoms with van der Waals surface area (Å²) in [5.41, 5.74) is 2.49. The molecule has 0 aliphatic carbocycles. The Morgan fingerprint density at radius 3 is 2.40 bits per heavy atom. The predicted octanol–water partition coefficient (Wildman–Crippen LogP) is 2.98. The zero-order valence-electron chi connectivity index (χ0n) is 15.5. The quantitative estimate of drug-likeness (QED) is 0.333. The summed E-state index contributed by atoms with van der Waals surface area (Å²) in [5.74, 6) is 1.37. The summed E-state index contributed by atoms with van der Waals surface area (Å²) in [5, 5.41) is 15.8. The van der Waals surface area contributed by atoms with Gasteiger partial charge in [-0.3, -0.25) is 0 Å². The fourth-order valence-corrected chi connectivity index (χ4v) is 2.94. The van der Waals surface area contributed by atoms with E-state index in [0.29, 0.717) is 19.1 Å². The van der Waals surface area contributed by atoms with Crippen LogP contribution in [-0.2, 0) is 6.54 Å². The standard InChI is InChI=1S/C19H32N4O.HI/c1-3-11-21-19(20-4-2)22-14-16-5-7-18(8-6-16)23-12-9-17(15-24)10-13-23;/h5-8,17,24H,3-4,9-15H2,1-2H3,(H2,20,21,22);1H. The number of aliphatic hydroxyl groups is 1. The van der Waals surface area contributed by atoms with Gasteiger partial charge in [0.2, 0.25) is 0 Å². The number of hydrogen-bond donors (Lipinski definition) is 3. The van der Waals surface area contributed by atoms with E-state index in [9.17, 15) is 5.11 Å². The van der Waals surface area contributed by atoms with Gasteiger partial charge in [0, 0.05) is 38.5 Å². The van der Waals surface area contributed by atoms with Gasteiger partial charge in [-0.15, -0.1) is 24.0 Å². The summed E-state index contributed by atoms with van der Waals surface area (Å²) >= 11 is 0. The van der Waals surface area contributed by atoms with Crippen LogP contribution in [0.15, 0.2) is 29.3 Å². The van der Waals surface area contributed by atoms with Gasteiger partial charge in [0.15, 0.2) is 5.96 Å². The fraction of sp³-hybridized carbons (Fsp3) is 0.632. The van der Waals surface area contributed by atoms with Crippen molar-refractivity contribution in [3.05, 3.63) is 29.8 Å². The fourth-order valence-electron chi connectivity index (χ4n) is 2.94. The second-order valence-corrected chi connectivity index (χ2v) is 6.40. The van der Waals surface area contributed by atoms with Crippen molar-refractivity contribution in [3.8, 4) is 0 Å². The Balaban J connectivity index is 0.00000312. The molecule has 1 aromatic rings. The van der Waals surface area contributed by atoms with Crippen molar-refractivity contribution in [3.63, 3.8) is 0 Å². The first kappa shape index (κ1) is 22.0. The van der Waals surface area contributed by atoms with Crippen LogP contribution in [0.3, 0.4) is 0 Å². The molecule has 0 unspecified atom stereocenters. The number of aliphatic hydroxyl groups excluding tert-OH is 1. The van der Waals surface area contributed by atoms with E-state index < -0.39 is 0 Å². The van der Waals surface area contributed by atoms with E-state index in [0.717, 1.165) is 51.4 Å². The van der Waals surface area contributed by atoms with E-state index in [-0.39, 0.29) is 24.0 Å². The minimum atomic E-state index is 0. The Bertz CT molecular complexity index is 499. The van der Waals surface area contributed by atoms with Crippen LogP contribution in [0.25, 0.3) is 0 Å². The summed E-state index contributed by atoms with van der Waals surface area (Å²) in [6, 6.07) is 8.72. The molecule has 25 heavy (non-hydrogen) atoms. The number of nitrogens with zero attached hydrogens (tertiary/aromatic N) is 2. The summed E-state index contributed by atoms with van der Waals surface area (Å²) in [6.45, 7) is 9.13. The number of anilines is 1. The lowest BCUT2D eigenvalue weighted by Crippen LogP contribution is -2.37. The molecule has 0 amide bonds. The number of rotatable bonds is 7. The third-order valence-corrected chi connectivity index (χ3v) is 4.48. The van der Waals surface area contributed by atoms with Crippen molar-refractivity contribution in [2.75, 3.05) is 37.7 Å². The molecule has 3 N–H and O–H groups in total. The third kappa shape index (κ3) is 7.40. The Labute approximate surface area is 169 Å². The topological polar surface area (TPSA) is 59.9 Å². The van der Waals surface area contributed by atoms with Gasteiger partial charge in [-0.25, -0.2) is 4.99 Å². The molecule has 0 radical (unpaired) electrons. The van der Waals surface area contributed by atoms with Crippen LogP contribution >= 0.6 is 24.0 Å². The minimum absolute atomic E-state index is 0. The zero-order chi connectivity index (χ0) is 17.2. The lowest BCUT2D eigenvalue weighted by molar-refractivity contribution is 0.203. The average Bonchev–Trinajstić information content (AvgIpc) is 2.64. The van der Waals surface area contributed by atoms with Crippen LogP contribution in [0.1, 0.15) is 38.7 Å². The molecule has 0 atom stereocenters. The molecular weight excluding hydrogens is 427 g/mol. The first-order chi connectivity index (χ1) is 11.8. The number of guanidine groups is 1. The molecule has 1 heterocycles. The van der Waals surface area contributed by atoms with E-state index in [1.807, 2.05) is 0 Å². The molecule has 1 aliphatic rings. The lowest BCUT2D eigenvalue weighted by atomic mass is 9.97. The molecule has 1 saturated heterocycles. The van der Waals surface area contributed by atoms with Crippen molar-refractivity contribution < 1.29 is 5.11 Å². The molecule has 0 saturated carbocycles. The minimum Gasteiger partial charge on any atom is -0.396 e. The number of nitrogens with one attached hydrogen (secondary N) is 2. The maximum absolute atomic E-state index is 9.24. The van der Waals surface area contributed by atoms with Gasteiger partial charge < -0.3 is 20.6 Å². The summed E-state index contributed by atoms with van der Waals surface area (Å²) < 4.78 is 0. The van der Waals surface area contributed by atoms with E-state index in [2.05, 4.69) is 58.6 Å². The summed E-state index contributed by atoms with van der Waals surface area (Å²) in [6.07, 6.45) is 3.25. The Hall–Kier alpha value is -1.02. The third-order valence-electron chi connectivity index (χ3n) is 4.48. The zero-order valence-corrected chi connectivity index (χ0v) is 17.8. The Morgan fingerprint density at radius 2 is 1.84 bits per heavy atom. The van der Waals surface area contributed by atoms with E-state index in [1.165, 1.54) is 11.3 Å². The van der Waals surface area contributed by atoms with Crippen molar-refractivity contribution >= 4 is 35.6 Å². The SMILES string of the molecule is CCCNC(=NCc1ccc(N2CCC(CO)CC2)cc1)NCC.I. The highest BCUT2D eigenvalue weighted by Crippen LogP contribution is 2.23. The Morgan fingerprint density at radius 1 is 1.16 bits per heavy atom. The predicted molar refractivity (Wildman–Crippen MR) is 117 cm³/mol. The van der Waals surface area contributed by atoms with E-state index >= 15 is 0 Å². The van der Waals surface area contributed by atoms with Crippen molar-refractivity contribution in [1.29, 1.82) is 0 Å². The van der Waals surface area contributed by atoms with Crippen LogP contribution in [-0.4, -0.2) is 43.9 Å². The number of aliphatic imine (C=N–C) groups is 1. The van der Waals surface area contributed by atoms with Crippen molar-refractivity contribution in [1.82, 2.24) is 10.6 Å². The second-order valence-electron chi connectivity index (χ2n) is 6.40. The molecule has 5 nitrogen and oxygen atoms in total. The average molecular weight is 460 g/mol. The van der Waals surface area contributed by atoms with Crippen LogP contribution in [0, 0.1) is 5.92 Å². The molecule has 0 spiro atoms. The molecule has 142 valence electrons. The molecule has 1 aliphatic heterocycles. The van der Waals surface area contributed by atoms with Gasteiger partial charge in [-0.2, -0.15) is 0 Å². The number of halogens is 1. The van der Waals surface area contributed by atoms with Crippen LogP contribution in [0.4, 0.5) is 5.69 Å². The van der Waals surface area contributed by atoms with Gasteiger partial charge in [-0.05, 0) is 49.8 Å². The van der Waals surface area contributed by atoms with Crippen molar-refractivity contribution in [2.45, 2.75) is 39.7 Å². The van der Waals surface area contributed by atoms with Gasteiger partial charge in [0.05, 0.1) is 6.54 Å². The maximum atomic E-state index is 9.24. The molecule has 1 fully saturated rings. The van der Waals surface area contributed by atoms with Gasteiger partial charge in [-0.1, -0.05) is 19.1 Å². The summed E-state index contributed by atoms with van der Waals surface area (Å²) in [7, 11) is 0. The first-order valence-corrected chi connectivity index (χ1v) is 9.23. The highest BCUT2D eigenvalue weighted by Gasteiger charge is 2.18. The molecule has 1 aromatic carbocycles. The monoisotopic (exact) mass is 460 g/mol.